The lowest BCUT2D eigenvalue weighted by Gasteiger charge is -2.21. The lowest BCUT2D eigenvalue weighted by molar-refractivity contribution is -0.134. The van der Waals surface area contributed by atoms with Crippen molar-refractivity contribution in [3.63, 3.8) is 0 Å². The van der Waals surface area contributed by atoms with Crippen molar-refractivity contribution >= 4 is 21.7 Å². The van der Waals surface area contributed by atoms with Gasteiger partial charge in [-0.05, 0) is 12.8 Å². The number of nitrogens with zero attached hydrogens (tertiary/aromatic N) is 2. The van der Waals surface area contributed by atoms with Gasteiger partial charge in [-0.2, -0.15) is 5.26 Å². The van der Waals surface area contributed by atoms with Gasteiger partial charge in [0.2, 0.25) is 5.91 Å². The summed E-state index contributed by atoms with van der Waals surface area (Å²) in [6.45, 7) is 1.75. The zero-order valence-corrected chi connectivity index (χ0v) is 12.0. The maximum atomic E-state index is 11.9. The van der Waals surface area contributed by atoms with Gasteiger partial charge < -0.3 is 5.32 Å². The molecule has 2 amide bonds. The second-order valence-electron chi connectivity index (χ2n) is 5.18. The van der Waals surface area contributed by atoms with E-state index in [1.165, 1.54) is 7.05 Å². The average Bonchev–Trinajstić information content (AvgIpc) is 3.04. The van der Waals surface area contributed by atoms with E-state index in [0.717, 1.165) is 6.26 Å². The van der Waals surface area contributed by atoms with Gasteiger partial charge >= 0.3 is 0 Å². The summed E-state index contributed by atoms with van der Waals surface area (Å²) in [5, 5.41) is 11.1. The Hall–Kier alpha value is -1.62. The van der Waals surface area contributed by atoms with Crippen LogP contribution in [0, 0.1) is 16.9 Å². The third-order valence-electron chi connectivity index (χ3n) is 3.10. The van der Waals surface area contributed by atoms with Gasteiger partial charge in [0.15, 0.2) is 6.19 Å². The highest BCUT2D eigenvalue weighted by molar-refractivity contribution is 7.90. The quantitative estimate of drug-likeness (QED) is 0.529. The molecule has 106 valence electrons. The van der Waals surface area contributed by atoms with Crippen LogP contribution in [-0.2, 0) is 19.4 Å². The zero-order chi connectivity index (χ0) is 14.8. The van der Waals surface area contributed by atoms with E-state index in [2.05, 4.69) is 5.32 Å². The number of carbonyl (C=O) groups excluding carboxylic acids is 2. The zero-order valence-electron chi connectivity index (χ0n) is 11.1. The number of nitriles is 1. The molecule has 0 heterocycles. The number of likely N-dealkylation sites (N-methyl/N-ethyl adjacent to an activating group) is 1. The molecular weight excluding hydrogens is 270 g/mol. The van der Waals surface area contributed by atoms with Crippen LogP contribution in [0.3, 0.4) is 0 Å². The van der Waals surface area contributed by atoms with E-state index in [1.54, 1.807) is 13.1 Å². The van der Waals surface area contributed by atoms with E-state index in [-0.39, 0.29) is 5.91 Å². The molecule has 1 aliphatic rings. The third-order valence-corrected chi connectivity index (χ3v) is 4.04. The summed E-state index contributed by atoms with van der Waals surface area (Å²) in [5.74, 6) is -1.59. The molecule has 0 radical (unpaired) electrons. The first kappa shape index (κ1) is 15.4. The van der Waals surface area contributed by atoms with Crippen LogP contribution >= 0.6 is 0 Å². The number of carbonyl (C=O) groups is 2. The van der Waals surface area contributed by atoms with Gasteiger partial charge in [-0.15, -0.1) is 0 Å². The molecule has 1 saturated carbocycles. The minimum absolute atomic E-state index is 0.346. The summed E-state index contributed by atoms with van der Waals surface area (Å²) >= 11 is 0. The molecule has 0 aromatic carbocycles. The molecule has 8 heteroatoms. The van der Waals surface area contributed by atoms with E-state index in [4.69, 9.17) is 5.26 Å². The van der Waals surface area contributed by atoms with Gasteiger partial charge in [0.1, 0.15) is 15.9 Å². The van der Waals surface area contributed by atoms with Gasteiger partial charge in [-0.3, -0.25) is 14.5 Å². The Morgan fingerprint density at radius 3 is 2.37 bits per heavy atom. The SMILES string of the molecule is CN(C#N)C(=O)C(CS(C)(=O)=O)NC(=O)C1(C)CC1. The third kappa shape index (κ3) is 4.21. The second kappa shape index (κ2) is 5.17. The first-order chi connectivity index (χ1) is 8.59. The van der Waals surface area contributed by atoms with Crippen LogP contribution in [0.1, 0.15) is 19.8 Å². The number of hydrogen-bond acceptors (Lipinski definition) is 5. The Kier molecular flexibility index (Phi) is 4.20. The van der Waals surface area contributed by atoms with Crippen molar-refractivity contribution in [1.29, 1.82) is 5.26 Å². The number of rotatable bonds is 5. The number of amides is 2. The molecule has 1 N–H and O–H groups in total. The molecule has 19 heavy (non-hydrogen) atoms. The van der Waals surface area contributed by atoms with E-state index < -0.39 is 33.0 Å². The predicted molar refractivity (Wildman–Crippen MR) is 67.4 cm³/mol. The molecule has 1 atom stereocenters. The molecular formula is C11H17N3O4S. The van der Waals surface area contributed by atoms with Crippen molar-refractivity contribution in [2.24, 2.45) is 5.41 Å². The molecule has 0 spiro atoms. The Morgan fingerprint density at radius 1 is 1.47 bits per heavy atom. The summed E-state index contributed by atoms with van der Waals surface area (Å²) in [4.78, 5) is 24.5. The van der Waals surface area contributed by atoms with E-state index in [1.807, 2.05) is 0 Å². The Morgan fingerprint density at radius 2 is 2.00 bits per heavy atom. The minimum Gasteiger partial charge on any atom is -0.343 e. The fraction of sp³-hybridized carbons (Fsp3) is 0.727. The topological polar surface area (TPSA) is 107 Å². The van der Waals surface area contributed by atoms with Crippen molar-refractivity contribution < 1.29 is 18.0 Å². The molecule has 7 nitrogen and oxygen atoms in total. The summed E-state index contributed by atoms with van der Waals surface area (Å²) in [5.41, 5.74) is -0.513. The fourth-order valence-corrected chi connectivity index (χ4v) is 2.34. The highest BCUT2D eigenvalue weighted by Gasteiger charge is 2.46. The lowest BCUT2D eigenvalue weighted by Crippen LogP contribution is -2.51. The standard InChI is InChI=1S/C11H17N3O4S/c1-11(4-5-11)10(16)13-8(6-19(3,17)18)9(15)14(2)7-12/h8H,4-6H2,1-3H3,(H,13,16). The molecule has 1 rings (SSSR count). The van der Waals surface area contributed by atoms with Crippen molar-refractivity contribution in [3.8, 4) is 6.19 Å². The Labute approximate surface area is 112 Å². The lowest BCUT2D eigenvalue weighted by atomic mass is 10.1. The smallest absolute Gasteiger partial charge is 0.258 e. The van der Waals surface area contributed by atoms with Gasteiger partial charge in [0.05, 0.1) is 5.75 Å². The van der Waals surface area contributed by atoms with Crippen molar-refractivity contribution in [2.75, 3.05) is 19.1 Å². The van der Waals surface area contributed by atoms with Gasteiger partial charge in [-0.25, -0.2) is 8.42 Å². The van der Waals surface area contributed by atoms with E-state index in [0.29, 0.717) is 17.7 Å². The monoisotopic (exact) mass is 287 g/mol. The molecule has 1 unspecified atom stereocenters. The highest BCUT2D eigenvalue weighted by atomic mass is 32.2. The number of hydrogen-bond donors (Lipinski definition) is 1. The molecule has 0 bridgehead atoms. The van der Waals surface area contributed by atoms with Crippen LogP contribution in [0.25, 0.3) is 0 Å². The maximum absolute atomic E-state index is 11.9. The molecule has 0 saturated heterocycles. The normalized spacial score (nSPS) is 18.0. The molecule has 0 aromatic heterocycles. The Balaban J connectivity index is 2.84. The van der Waals surface area contributed by atoms with Crippen LogP contribution in [-0.4, -0.2) is 50.2 Å². The Bertz CT molecular complexity index is 531. The largest absolute Gasteiger partial charge is 0.343 e. The van der Waals surface area contributed by atoms with E-state index >= 15 is 0 Å². The number of nitrogens with one attached hydrogen (secondary N) is 1. The van der Waals surface area contributed by atoms with Gasteiger partial charge in [0.25, 0.3) is 5.91 Å². The van der Waals surface area contributed by atoms with Gasteiger partial charge in [0, 0.05) is 18.7 Å². The van der Waals surface area contributed by atoms with Crippen molar-refractivity contribution in [3.05, 3.63) is 0 Å². The van der Waals surface area contributed by atoms with Crippen LogP contribution < -0.4 is 5.32 Å². The minimum atomic E-state index is -3.45. The summed E-state index contributed by atoms with van der Waals surface area (Å²) in [6.07, 6.45) is 4.00. The van der Waals surface area contributed by atoms with E-state index in [9.17, 15) is 18.0 Å². The van der Waals surface area contributed by atoms with Crippen LogP contribution in [0.4, 0.5) is 0 Å². The molecule has 0 aromatic rings. The summed E-state index contributed by atoms with van der Waals surface area (Å²) in [6, 6.07) is -1.22. The van der Waals surface area contributed by atoms with Crippen molar-refractivity contribution in [1.82, 2.24) is 10.2 Å². The van der Waals surface area contributed by atoms with Crippen LogP contribution in [0.5, 0.6) is 0 Å². The summed E-state index contributed by atoms with van der Waals surface area (Å²) < 4.78 is 22.6. The average molecular weight is 287 g/mol. The summed E-state index contributed by atoms with van der Waals surface area (Å²) in [7, 11) is -2.23. The van der Waals surface area contributed by atoms with Crippen LogP contribution in [0.2, 0.25) is 0 Å². The molecule has 1 fully saturated rings. The van der Waals surface area contributed by atoms with Crippen molar-refractivity contribution in [2.45, 2.75) is 25.8 Å². The predicted octanol–water partition coefficient (Wildman–Crippen LogP) is -0.745. The second-order valence-corrected chi connectivity index (χ2v) is 7.36. The van der Waals surface area contributed by atoms with Crippen LogP contribution in [0.15, 0.2) is 0 Å². The molecule has 0 aliphatic heterocycles. The van der Waals surface area contributed by atoms with Gasteiger partial charge in [-0.1, -0.05) is 6.92 Å². The molecule has 1 aliphatic carbocycles. The highest BCUT2D eigenvalue weighted by Crippen LogP contribution is 2.45. The number of sulfone groups is 1. The first-order valence-electron chi connectivity index (χ1n) is 5.75. The first-order valence-corrected chi connectivity index (χ1v) is 7.81. The maximum Gasteiger partial charge on any atom is 0.258 e. The fourth-order valence-electron chi connectivity index (χ4n) is 1.51.